The molecule has 1 amide bonds. The van der Waals surface area contributed by atoms with Crippen molar-refractivity contribution >= 4 is 15.9 Å². The molecule has 0 spiro atoms. The molecule has 0 radical (unpaired) electrons. The number of piperazine rings is 1. The van der Waals surface area contributed by atoms with Crippen molar-refractivity contribution in [2.24, 2.45) is 0 Å². The van der Waals surface area contributed by atoms with Crippen LogP contribution < -0.4 is 0 Å². The standard InChI is InChI=1S/C19H19F3N2O4S/c1-13-5-6-16(25)17(11-13)29(27,28)24-9-7-23(8-10-24)18(26)14-3-2-4-15(12-14)19(20,21)22/h2-6,11-12,25H,7-10H2,1H3. The van der Waals surface area contributed by atoms with E-state index in [0.717, 1.165) is 22.5 Å². The summed E-state index contributed by atoms with van der Waals surface area (Å²) in [6, 6.07) is 8.38. The van der Waals surface area contributed by atoms with Crippen LogP contribution in [0.5, 0.6) is 5.75 Å². The minimum atomic E-state index is -4.56. The van der Waals surface area contributed by atoms with Crippen molar-refractivity contribution in [1.29, 1.82) is 0 Å². The zero-order valence-electron chi connectivity index (χ0n) is 15.5. The third kappa shape index (κ3) is 4.38. The Balaban J connectivity index is 1.74. The van der Waals surface area contributed by atoms with Crippen LogP contribution in [0, 0.1) is 6.92 Å². The smallest absolute Gasteiger partial charge is 0.416 e. The van der Waals surface area contributed by atoms with Crippen LogP contribution in [-0.4, -0.2) is 54.8 Å². The van der Waals surface area contributed by atoms with Crippen LogP contribution in [-0.2, 0) is 16.2 Å². The van der Waals surface area contributed by atoms with E-state index in [-0.39, 0.29) is 42.4 Å². The summed E-state index contributed by atoms with van der Waals surface area (Å²) >= 11 is 0. The van der Waals surface area contributed by atoms with E-state index in [1.807, 2.05) is 0 Å². The van der Waals surface area contributed by atoms with Gasteiger partial charge in [0.2, 0.25) is 10.0 Å². The SMILES string of the molecule is Cc1ccc(O)c(S(=O)(=O)N2CCN(C(=O)c3cccc(C(F)(F)F)c3)CC2)c1. The molecule has 1 heterocycles. The fourth-order valence-corrected chi connectivity index (χ4v) is 4.70. The lowest BCUT2D eigenvalue weighted by atomic mass is 10.1. The Kier molecular flexibility index (Phi) is 5.59. The number of aryl methyl sites for hydroxylation is 1. The second-order valence-electron chi connectivity index (χ2n) is 6.75. The first kappa shape index (κ1) is 21.1. The maximum Gasteiger partial charge on any atom is 0.416 e. The molecule has 1 aliphatic rings. The number of phenolic OH excluding ortho intramolecular Hbond substituents is 1. The number of rotatable bonds is 3. The van der Waals surface area contributed by atoms with E-state index in [9.17, 15) is 31.5 Å². The molecule has 2 aromatic carbocycles. The van der Waals surface area contributed by atoms with E-state index in [1.165, 1.54) is 23.1 Å². The average molecular weight is 428 g/mol. The molecule has 1 saturated heterocycles. The molecule has 0 saturated carbocycles. The molecule has 10 heteroatoms. The number of hydrogen-bond donors (Lipinski definition) is 1. The number of sulfonamides is 1. The second-order valence-corrected chi connectivity index (χ2v) is 8.65. The molecule has 6 nitrogen and oxygen atoms in total. The van der Waals surface area contributed by atoms with Crippen LogP contribution in [0.4, 0.5) is 13.2 Å². The molecule has 1 N–H and O–H groups in total. The van der Waals surface area contributed by atoms with Crippen molar-refractivity contribution < 1.29 is 31.5 Å². The molecule has 2 aromatic rings. The number of alkyl halides is 3. The summed E-state index contributed by atoms with van der Waals surface area (Å²) in [4.78, 5) is 13.7. The number of halogens is 3. The van der Waals surface area contributed by atoms with Crippen molar-refractivity contribution in [2.75, 3.05) is 26.2 Å². The van der Waals surface area contributed by atoms with Gasteiger partial charge in [-0.25, -0.2) is 8.42 Å². The van der Waals surface area contributed by atoms with Gasteiger partial charge in [-0.3, -0.25) is 4.79 Å². The van der Waals surface area contributed by atoms with Gasteiger partial charge in [0.05, 0.1) is 5.56 Å². The summed E-state index contributed by atoms with van der Waals surface area (Å²) in [6.45, 7) is 1.70. The first-order valence-corrected chi connectivity index (χ1v) is 10.2. The minimum Gasteiger partial charge on any atom is -0.507 e. The Hall–Kier alpha value is -2.59. The van der Waals surface area contributed by atoms with Crippen LogP contribution in [0.15, 0.2) is 47.4 Å². The summed E-state index contributed by atoms with van der Waals surface area (Å²) in [5.41, 5.74) is -0.355. The number of nitrogens with zero attached hydrogens (tertiary/aromatic N) is 2. The molecule has 3 rings (SSSR count). The van der Waals surface area contributed by atoms with Crippen LogP contribution in [0.25, 0.3) is 0 Å². The van der Waals surface area contributed by atoms with Crippen LogP contribution >= 0.6 is 0 Å². The Bertz CT molecular complexity index is 1030. The summed E-state index contributed by atoms with van der Waals surface area (Å²) in [6.07, 6.45) is -4.56. The van der Waals surface area contributed by atoms with Gasteiger partial charge in [-0.1, -0.05) is 12.1 Å². The molecule has 1 aliphatic heterocycles. The summed E-state index contributed by atoms with van der Waals surface area (Å²) in [5, 5.41) is 9.92. The number of carbonyl (C=O) groups is 1. The van der Waals surface area contributed by atoms with Gasteiger partial charge in [0.15, 0.2) is 0 Å². The summed E-state index contributed by atoms with van der Waals surface area (Å²) < 4.78 is 65.3. The molecular weight excluding hydrogens is 409 g/mol. The lowest BCUT2D eigenvalue weighted by Crippen LogP contribution is -2.50. The largest absolute Gasteiger partial charge is 0.507 e. The molecular formula is C19H19F3N2O4S. The zero-order chi connectivity index (χ0) is 21.4. The van der Waals surface area contributed by atoms with Crippen LogP contribution in [0.1, 0.15) is 21.5 Å². The van der Waals surface area contributed by atoms with E-state index in [4.69, 9.17) is 0 Å². The van der Waals surface area contributed by atoms with E-state index in [1.54, 1.807) is 13.0 Å². The van der Waals surface area contributed by atoms with Crippen molar-refractivity contribution in [3.05, 3.63) is 59.2 Å². The first-order chi connectivity index (χ1) is 13.5. The van der Waals surface area contributed by atoms with Gasteiger partial charge in [-0.2, -0.15) is 17.5 Å². The minimum absolute atomic E-state index is 0.0274. The molecule has 0 unspecified atom stereocenters. The number of amides is 1. The van der Waals surface area contributed by atoms with Gasteiger partial charge < -0.3 is 10.0 Å². The normalized spacial score (nSPS) is 16.1. The van der Waals surface area contributed by atoms with Gasteiger partial charge in [0.25, 0.3) is 5.91 Å². The molecule has 156 valence electrons. The van der Waals surface area contributed by atoms with Gasteiger partial charge in [0.1, 0.15) is 10.6 Å². The highest BCUT2D eigenvalue weighted by Gasteiger charge is 2.34. The molecule has 0 atom stereocenters. The molecule has 0 aromatic heterocycles. The van der Waals surface area contributed by atoms with Gasteiger partial charge in [-0.15, -0.1) is 0 Å². The average Bonchev–Trinajstić information content (AvgIpc) is 2.68. The van der Waals surface area contributed by atoms with Crippen molar-refractivity contribution in [1.82, 2.24) is 9.21 Å². The Morgan fingerprint density at radius 2 is 1.69 bits per heavy atom. The third-order valence-electron chi connectivity index (χ3n) is 4.70. The Labute approximate surface area is 166 Å². The zero-order valence-corrected chi connectivity index (χ0v) is 16.3. The van der Waals surface area contributed by atoms with E-state index in [0.29, 0.717) is 5.56 Å². The van der Waals surface area contributed by atoms with Crippen molar-refractivity contribution in [3.63, 3.8) is 0 Å². The fourth-order valence-electron chi connectivity index (χ4n) is 3.11. The lowest BCUT2D eigenvalue weighted by Gasteiger charge is -2.34. The molecule has 1 fully saturated rings. The predicted molar refractivity (Wildman–Crippen MR) is 99.0 cm³/mol. The summed E-state index contributed by atoms with van der Waals surface area (Å²) in [7, 11) is -3.96. The second kappa shape index (κ2) is 7.68. The monoisotopic (exact) mass is 428 g/mol. The highest BCUT2D eigenvalue weighted by molar-refractivity contribution is 7.89. The fraction of sp³-hybridized carbons (Fsp3) is 0.316. The van der Waals surface area contributed by atoms with E-state index < -0.39 is 27.7 Å². The number of hydrogen-bond acceptors (Lipinski definition) is 4. The first-order valence-electron chi connectivity index (χ1n) is 8.76. The Morgan fingerprint density at radius 1 is 1.03 bits per heavy atom. The van der Waals surface area contributed by atoms with Gasteiger partial charge >= 0.3 is 6.18 Å². The quantitative estimate of drug-likeness (QED) is 0.816. The van der Waals surface area contributed by atoms with Crippen molar-refractivity contribution in [2.45, 2.75) is 18.0 Å². The number of carbonyl (C=O) groups excluding carboxylic acids is 1. The van der Waals surface area contributed by atoms with E-state index in [2.05, 4.69) is 0 Å². The highest BCUT2D eigenvalue weighted by Crippen LogP contribution is 2.30. The van der Waals surface area contributed by atoms with Crippen molar-refractivity contribution in [3.8, 4) is 5.75 Å². The van der Waals surface area contributed by atoms with E-state index >= 15 is 0 Å². The molecule has 0 bridgehead atoms. The Morgan fingerprint density at radius 3 is 2.31 bits per heavy atom. The van der Waals surface area contributed by atoms with Crippen LogP contribution in [0.2, 0.25) is 0 Å². The molecule has 0 aliphatic carbocycles. The predicted octanol–water partition coefficient (Wildman–Crippen LogP) is 2.87. The molecule has 29 heavy (non-hydrogen) atoms. The van der Waals surface area contributed by atoms with Gasteiger partial charge in [0, 0.05) is 31.7 Å². The summed E-state index contributed by atoms with van der Waals surface area (Å²) in [5.74, 6) is -0.954. The number of aromatic hydroxyl groups is 1. The maximum atomic E-state index is 12.9. The number of benzene rings is 2. The third-order valence-corrected chi connectivity index (χ3v) is 6.62. The highest BCUT2D eigenvalue weighted by atomic mass is 32.2. The van der Waals surface area contributed by atoms with Crippen LogP contribution in [0.3, 0.4) is 0 Å². The number of phenols is 1. The topological polar surface area (TPSA) is 77.9 Å². The van der Waals surface area contributed by atoms with Gasteiger partial charge in [-0.05, 0) is 42.8 Å². The maximum absolute atomic E-state index is 12.9. The lowest BCUT2D eigenvalue weighted by molar-refractivity contribution is -0.137.